The van der Waals surface area contributed by atoms with Gasteiger partial charge in [0, 0.05) is 12.8 Å². The van der Waals surface area contributed by atoms with Crippen LogP contribution in [0.5, 0.6) is 0 Å². The number of unbranched alkanes of at least 4 members (excludes halogenated alkanes) is 45. The minimum atomic E-state index is -1.52. The Morgan fingerprint density at radius 3 is 0.819 bits per heavy atom. The zero-order valence-electron chi connectivity index (χ0n) is 69.4. The molecule has 0 spiro atoms. The third-order valence-electron chi connectivity index (χ3n) is 19.4. The second kappa shape index (κ2) is 85.0. The van der Waals surface area contributed by atoms with Gasteiger partial charge < -0.3 is 28.5 Å². The molecule has 0 radical (unpaired) electrons. The van der Waals surface area contributed by atoms with Gasteiger partial charge in [0.2, 0.25) is 0 Å². The number of aliphatic carboxylic acids is 1. The summed E-state index contributed by atoms with van der Waals surface area (Å²) in [4.78, 5) is 37.8. The molecule has 0 aromatic heterocycles. The van der Waals surface area contributed by atoms with Crippen LogP contribution < -0.4 is 0 Å². The molecule has 0 aliphatic heterocycles. The lowest BCUT2D eigenvalue weighted by molar-refractivity contribution is -0.870. The molecule has 1 N–H and O–H groups in total. The van der Waals surface area contributed by atoms with Crippen molar-refractivity contribution in [2.24, 2.45) is 0 Å². The fourth-order valence-corrected chi connectivity index (χ4v) is 12.7. The SMILES string of the molecule is CC/C=C\C/C=C\C/C=C\C/C=C\C/C=C\C/C=C\C/C=C\C/C=C\C/C=C\C/C=C\CCCCCCCCCCC(=O)OC(COC(=O)CCCCCCCCCCCCCCCCCCCCCCCCCCCCCCC/C=C\CCCCCCCCCC)COC(OCC[N+](C)(C)C)C(=O)O. The van der Waals surface area contributed by atoms with Crippen LogP contribution in [0.25, 0.3) is 0 Å². The van der Waals surface area contributed by atoms with Crippen molar-refractivity contribution < 1.29 is 42.9 Å². The summed E-state index contributed by atoms with van der Waals surface area (Å²) in [5.74, 6) is -2.01. The zero-order valence-corrected chi connectivity index (χ0v) is 69.4. The highest BCUT2D eigenvalue weighted by atomic mass is 16.7. The Balaban J connectivity index is 4.00. The standard InChI is InChI=1S/C96H167NO8/c1-6-8-10-12-14-16-18-20-22-24-26-28-30-32-34-36-38-40-42-44-46-47-49-50-52-54-56-58-60-62-64-66-68-70-72-74-76-78-80-82-84-86-93(98)103-90-92(91-104-96(95(100)101)102-89-88-97(3,4)5)105-94(99)87-85-83-81-79-77-75-73-71-69-67-65-63-61-59-57-55-53-51-48-45-43-41-39-37-35-33-31-29-27-25-23-21-19-17-15-13-11-9-7-2/h9,11,15,17,21,23-24,26-27,29,33,35,39,41,45,48,53,55,59,61,65,67,92,96H,6-8,10,12-14,16,18-20,22,25,28,30-32,34,36-38,40,42-44,46-47,49-52,54,56-58,60,62-64,66,68-91H2,1-5H3/p+1/b11-9-,17-15-,23-21-,26-24-,29-27-,35-33-,41-39-,48-45-,55-53-,61-59-,67-65-. The van der Waals surface area contributed by atoms with E-state index in [1.807, 2.05) is 21.1 Å². The van der Waals surface area contributed by atoms with E-state index in [0.29, 0.717) is 23.9 Å². The first kappa shape index (κ1) is 100. The van der Waals surface area contributed by atoms with Gasteiger partial charge in [0.25, 0.3) is 6.29 Å². The predicted octanol–water partition coefficient (Wildman–Crippen LogP) is 29.2. The molecule has 0 aliphatic rings. The number of allylic oxidation sites excluding steroid dienone is 22. The zero-order chi connectivity index (χ0) is 76.0. The van der Waals surface area contributed by atoms with Crippen LogP contribution in [0.3, 0.4) is 0 Å². The van der Waals surface area contributed by atoms with Gasteiger partial charge in [-0.3, -0.25) is 9.59 Å². The van der Waals surface area contributed by atoms with Crippen molar-refractivity contribution in [2.75, 3.05) is 47.5 Å². The molecule has 0 aromatic carbocycles. The first-order chi connectivity index (χ1) is 51.6. The van der Waals surface area contributed by atoms with Crippen molar-refractivity contribution in [2.45, 2.75) is 411 Å². The van der Waals surface area contributed by atoms with Gasteiger partial charge in [-0.2, -0.15) is 0 Å². The van der Waals surface area contributed by atoms with Crippen LogP contribution in [0, 0.1) is 0 Å². The summed E-state index contributed by atoms with van der Waals surface area (Å²) in [6.07, 6.45) is 121. The number of rotatable bonds is 82. The minimum absolute atomic E-state index is 0.182. The lowest BCUT2D eigenvalue weighted by Crippen LogP contribution is -2.40. The molecule has 0 saturated heterocycles. The number of ether oxygens (including phenoxy) is 4. The second-order valence-electron chi connectivity index (χ2n) is 30.8. The maximum absolute atomic E-state index is 13.0. The molecule has 2 unspecified atom stereocenters. The third kappa shape index (κ3) is 86.5. The summed E-state index contributed by atoms with van der Waals surface area (Å²) in [5, 5.41) is 9.79. The van der Waals surface area contributed by atoms with Gasteiger partial charge in [0.1, 0.15) is 13.2 Å². The molecule has 9 heteroatoms. The Kier molecular flexibility index (Phi) is 81.3. The fourth-order valence-electron chi connectivity index (χ4n) is 12.7. The molecule has 2 atom stereocenters. The van der Waals surface area contributed by atoms with Gasteiger partial charge in [-0.05, 0) is 116 Å². The average molecular weight is 1460 g/mol. The lowest BCUT2D eigenvalue weighted by atomic mass is 10.0. The molecule has 0 saturated carbocycles. The summed E-state index contributed by atoms with van der Waals surface area (Å²) in [5.41, 5.74) is 0. The van der Waals surface area contributed by atoms with E-state index in [0.717, 1.165) is 109 Å². The summed E-state index contributed by atoms with van der Waals surface area (Å²) >= 11 is 0. The van der Waals surface area contributed by atoms with Crippen molar-refractivity contribution in [3.8, 4) is 0 Å². The van der Waals surface area contributed by atoms with Crippen molar-refractivity contribution in [3.63, 3.8) is 0 Å². The Morgan fingerprint density at radius 1 is 0.295 bits per heavy atom. The van der Waals surface area contributed by atoms with Crippen LogP contribution in [0.2, 0.25) is 0 Å². The number of hydrogen-bond donors (Lipinski definition) is 1. The number of carbonyl (C=O) groups excluding carboxylic acids is 2. The van der Waals surface area contributed by atoms with Gasteiger partial charge in [-0.15, -0.1) is 0 Å². The molecule has 0 aromatic rings. The smallest absolute Gasteiger partial charge is 0.361 e. The molecule has 0 fully saturated rings. The molecule has 0 rings (SSSR count). The normalized spacial score (nSPS) is 13.3. The molecular formula is C96H168NO8+. The maximum atomic E-state index is 13.0. The largest absolute Gasteiger partial charge is 0.477 e. The van der Waals surface area contributed by atoms with Crippen molar-refractivity contribution in [3.05, 3.63) is 134 Å². The van der Waals surface area contributed by atoms with Crippen LogP contribution >= 0.6 is 0 Å². The van der Waals surface area contributed by atoms with Crippen LogP contribution in [-0.4, -0.2) is 87.4 Å². The number of carboxylic acid groups (broad SMARTS) is 1. The Hall–Kier alpha value is -4.57. The molecule has 105 heavy (non-hydrogen) atoms. The quantitative estimate of drug-likeness (QED) is 0.0211. The number of carboxylic acids is 1. The molecule has 0 aliphatic carbocycles. The topological polar surface area (TPSA) is 108 Å². The monoisotopic (exact) mass is 1460 g/mol. The Bertz CT molecular complexity index is 2200. The van der Waals surface area contributed by atoms with E-state index < -0.39 is 24.3 Å². The van der Waals surface area contributed by atoms with Gasteiger partial charge in [0.15, 0.2) is 6.10 Å². The van der Waals surface area contributed by atoms with E-state index in [1.54, 1.807) is 0 Å². The molecule has 0 amide bonds. The minimum Gasteiger partial charge on any atom is -0.477 e. The summed E-state index contributed by atoms with van der Waals surface area (Å²) in [7, 11) is 5.99. The number of carbonyl (C=O) groups is 3. The average Bonchev–Trinajstić information content (AvgIpc) is 1.97. The van der Waals surface area contributed by atoms with Crippen molar-refractivity contribution >= 4 is 17.9 Å². The Morgan fingerprint density at radius 2 is 0.543 bits per heavy atom. The lowest BCUT2D eigenvalue weighted by Gasteiger charge is -2.25. The molecular weight excluding hydrogens is 1300 g/mol. The maximum Gasteiger partial charge on any atom is 0.361 e. The summed E-state index contributed by atoms with van der Waals surface area (Å²) in [6.45, 7) is 4.79. The predicted molar refractivity (Wildman–Crippen MR) is 456 cm³/mol. The van der Waals surface area contributed by atoms with Gasteiger partial charge in [-0.25, -0.2) is 4.79 Å². The number of nitrogens with zero attached hydrogens (tertiary/aromatic N) is 1. The van der Waals surface area contributed by atoms with Crippen LogP contribution in [0.15, 0.2) is 134 Å². The third-order valence-corrected chi connectivity index (χ3v) is 19.4. The van der Waals surface area contributed by atoms with Gasteiger partial charge in [0.05, 0.1) is 34.4 Å². The summed E-state index contributed by atoms with van der Waals surface area (Å²) < 4.78 is 23.1. The highest BCUT2D eigenvalue weighted by Crippen LogP contribution is 2.20. The molecule has 604 valence electrons. The first-order valence-corrected chi connectivity index (χ1v) is 44.3. The highest BCUT2D eigenvalue weighted by molar-refractivity contribution is 5.71. The van der Waals surface area contributed by atoms with Crippen LogP contribution in [0.1, 0.15) is 399 Å². The van der Waals surface area contributed by atoms with E-state index in [1.165, 1.54) is 257 Å². The van der Waals surface area contributed by atoms with E-state index in [2.05, 4.69) is 148 Å². The van der Waals surface area contributed by atoms with Crippen molar-refractivity contribution in [1.29, 1.82) is 0 Å². The fraction of sp³-hybridized carbons (Fsp3) is 0.740. The molecule has 0 bridgehead atoms. The second-order valence-corrected chi connectivity index (χ2v) is 30.8. The summed E-state index contributed by atoms with van der Waals surface area (Å²) in [6, 6.07) is 0. The highest BCUT2D eigenvalue weighted by Gasteiger charge is 2.25. The van der Waals surface area contributed by atoms with E-state index in [-0.39, 0.29) is 32.2 Å². The number of likely N-dealkylation sites (N-methyl/N-ethyl adjacent to an activating group) is 1. The Labute approximate surface area is 650 Å². The molecule has 9 nitrogen and oxygen atoms in total. The van der Waals surface area contributed by atoms with Crippen LogP contribution in [-0.2, 0) is 33.3 Å². The van der Waals surface area contributed by atoms with E-state index in [9.17, 15) is 19.5 Å². The first-order valence-electron chi connectivity index (χ1n) is 44.3. The van der Waals surface area contributed by atoms with Gasteiger partial charge >= 0.3 is 17.9 Å². The van der Waals surface area contributed by atoms with E-state index >= 15 is 0 Å². The van der Waals surface area contributed by atoms with Crippen LogP contribution in [0.4, 0.5) is 0 Å². The molecule has 0 heterocycles. The number of hydrogen-bond acceptors (Lipinski definition) is 7. The van der Waals surface area contributed by atoms with Gasteiger partial charge in [-0.1, -0.05) is 404 Å². The van der Waals surface area contributed by atoms with Crippen molar-refractivity contribution in [1.82, 2.24) is 0 Å². The number of esters is 2. The number of quaternary nitrogens is 1. The van der Waals surface area contributed by atoms with E-state index in [4.69, 9.17) is 18.9 Å².